The van der Waals surface area contributed by atoms with Gasteiger partial charge in [0.15, 0.2) is 0 Å². The highest BCUT2D eigenvalue weighted by Gasteiger charge is 2.42. The van der Waals surface area contributed by atoms with E-state index in [1.165, 1.54) is 30.8 Å². The maximum Gasteiger partial charge on any atom is 0.112 e. The molecule has 2 unspecified atom stereocenters. The first kappa shape index (κ1) is 13.5. The van der Waals surface area contributed by atoms with Crippen LogP contribution in [-0.2, 0) is 5.54 Å². The van der Waals surface area contributed by atoms with Crippen molar-refractivity contribution in [2.24, 2.45) is 5.92 Å². The number of aromatic nitrogens is 1. The molecule has 2 atom stereocenters. The molecule has 2 aliphatic rings. The third kappa shape index (κ3) is 2.58. The zero-order valence-corrected chi connectivity index (χ0v) is 13.0. The largest absolute Gasteiger partial charge is 0.311 e. The van der Waals surface area contributed by atoms with Crippen LogP contribution in [0, 0.1) is 5.92 Å². The van der Waals surface area contributed by atoms with Gasteiger partial charge in [-0.15, -0.1) is 11.3 Å². The topological polar surface area (TPSA) is 28.2 Å². The predicted octanol–water partition coefficient (Wildman–Crippen LogP) is 2.84. The molecule has 1 aromatic rings. The van der Waals surface area contributed by atoms with Crippen molar-refractivity contribution in [2.75, 3.05) is 13.1 Å². The number of nitrogens with one attached hydrogen (secondary N) is 1. The highest BCUT2D eigenvalue weighted by Crippen LogP contribution is 2.38. The summed E-state index contributed by atoms with van der Waals surface area (Å²) in [5.41, 5.74) is 0.0596. The van der Waals surface area contributed by atoms with E-state index in [1.807, 2.05) is 6.20 Å². The van der Waals surface area contributed by atoms with E-state index in [0.717, 1.165) is 12.5 Å². The van der Waals surface area contributed by atoms with Crippen molar-refractivity contribution in [3.8, 4) is 0 Å². The Balaban J connectivity index is 1.81. The second-order valence-corrected chi connectivity index (χ2v) is 7.36. The fraction of sp³-hybridized carbons (Fsp3) is 0.800. The summed E-state index contributed by atoms with van der Waals surface area (Å²) in [6.45, 7) is 9.28. The molecule has 3 nitrogen and oxygen atoms in total. The Morgan fingerprint density at radius 3 is 2.84 bits per heavy atom. The molecule has 19 heavy (non-hydrogen) atoms. The fourth-order valence-electron chi connectivity index (χ4n) is 3.34. The van der Waals surface area contributed by atoms with Gasteiger partial charge in [0.05, 0.1) is 5.54 Å². The lowest BCUT2D eigenvalue weighted by Gasteiger charge is -2.48. The molecule has 1 aliphatic heterocycles. The zero-order chi connectivity index (χ0) is 13.5. The summed E-state index contributed by atoms with van der Waals surface area (Å²) < 4.78 is 0. The normalized spacial score (nSPS) is 29.6. The lowest BCUT2D eigenvalue weighted by molar-refractivity contribution is 0.0221. The van der Waals surface area contributed by atoms with E-state index in [-0.39, 0.29) is 5.54 Å². The molecule has 1 saturated carbocycles. The Morgan fingerprint density at radius 1 is 1.47 bits per heavy atom. The van der Waals surface area contributed by atoms with E-state index in [9.17, 15) is 0 Å². The average molecular weight is 279 g/mol. The van der Waals surface area contributed by atoms with Crippen LogP contribution >= 0.6 is 11.3 Å². The molecule has 0 amide bonds. The third-order valence-corrected chi connectivity index (χ3v) is 5.87. The van der Waals surface area contributed by atoms with E-state index in [1.54, 1.807) is 11.3 Å². The monoisotopic (exact) mass is 279 g/mol. The number of thiazole rings is 1. The van der Waals surface area contributed by atoms with Crippen LogP contribution < -0.4 is 5.32 Å². The van der Waals surface area contributed by atoms with Crippen molar-refractivity contribution in [2.45, 2.75) is 57.7 Å². The molecular formula is C15H25N3S. The van der Waals surface area contributed by atoms with Crippen molar-refractivity contribution >= 4 is 11.3 Å². The van der Waals surface area contributed by atoms with Gasteiger partial charge in [-0.2, -0.15) is 0 Å². The Bertz CT molecular complexity index is 411. The van der Waals surface area contributed by atoms with Crippen LogP contribution in [0.5, 0.6) is 0 Å². The standard InChI is InChI=1S/C15H25N3S/c1-4-12-9-17-13(11-5-6-11)10-18(12)15(2,3)14-16-7-8-19-14/h7-8,11-13,17H,4-6,9-10H2,1-3H3. The van der Waals surface area contributed by atoms with Gasteiger partial charge in [0, 0.05) is 36.8 Å². The molecule has 3 rings (SSSR count). The van der Waals surface area contributed by atoms with Gasteiger partial charge in [-0.1, -0.05) is 6.92 Å². The third-order valence-electron chi connectivity index (χ3n) is 4.79. The Morgan fingerprint density at radius 2 is 2.26 bits per heavy atom. The van der Waals surface area contributed by atoms with Crippen molar-refractivity contribution < 1.29 is 0 Å². The van der Waals surface area contributed by atoms with Gasteiger partial charge in [-0.05, 0) is 39.0 Å². The van der Waals surface area contributed by atoms with Crippen molar-refractivity contribution in [1.82, 2.24) is 15.2 Å². The maximum atomic E-state index is 4.57. The number of hydrogen-bond acceptors (Lipinski definition) is 4. The number of rotatable bonds is 4. The first-order valence-electron chi connectivity index (χ1n) is 7.53. The number of piperazine rings is 1. The SMILES string of the molecule is CCC1CNC(C2CC2)CN1C(C)(C)c1nccs1. The minimum Gasteiger partial charge on any atom is -0.311 e. The molecule has 1 aromatic heterocycles. The van der Waals surface area contributed by atoms with Crippen LogP contribution in [0.4, 0.5) is 0 Å². The van der Waals surface area contributed by atoms with Crippen LogP contribution in [-0.4, -0.2) is 35.1 Å². The van der Waals surface area contributed by atoms with Crippen LogP contribution in [0.3, 0.4) is 0 Å². The predicted molar refractivity (Wildman–Crippen MR) is 80.4 cm³/mol. The minimum absolute atomic E-state index is 0.0596. The molecule has 1 aliphatic carbocycles. The first-order chi connectivity index (χ1) is 9.13. The lowest BCUT2D eigenvalue weighted by atomic mass is 9.94. The molecule has 2 fully saturated rings. The molecule has 4 heteroatoms. The van der Waals surface area contributed by atoms with Crippen molar-refractivity contribution in [1.29, 1.82) is 0 Å². The van der Waals surface area contributed by atoms with Crippen molar-refractivity contribution in [3.05, 3.63) is 16.6 Å². The highest BCUT2D eigenvalue weighted by molar-refractivity contribution is 7.09. The summed E-state index contributed by atoms with van der Waals surface area (Å²) in [4.78, 5) is 7.27. The second-order valence-electron chi connectivity index (χ2n) is 6.46. The smallest absolute Gasteiger partial charge is 0.112 e. The van der Waals surface area contributed by atoms with Gasteiger partial charge >= 0.3 is 0 Å². The minimum atomic E-state index is 0.0596. The zero-order valence-electron chi connectivity index (χ0n) is 12.2. The van der Waals surface area contributed by atoms with E-state index in [0.29, 0.717) is 12.1 Å². The summed E-state index contributed by atoms with van der Waals surface area (Å²) in [5.74, 6) is 0.924. The Kier molecular flexibility index (Phi) is 3.67. The van der Waals surface area contributed by atoms with Gasteiger partial charge in [-0.3, -0.25) is 4.90 Å². The number of hydrogen-bond donors (Lipinski definition) is 1. The maximum absolute atomic E-state index is 4.57. The van der Waals surface area contributed by atoms with E-state index in [4.69, 9.17) is 0 Å². The van der Waals surface area contributed by atoms with E-state index < -0.39 is 0 Å². The average Bonchev–Trinajstić information content (AvgIpc) is 3.11. The lowest BCUT2D eigenvalue weighted by Crippen LogP contribution is -2.62. The molecule has 0 spiro atoms. The van der Waals surface area contributed by atoms with Gasteiger partial charge < -0.3 is 5.32 Å². The molecular weight excluding hydrogens is 254 g/mol. The van der Waals surface area contributed by atoms with Gasteiger partial charge in [0.2, 0.25) is 0 Å². The fourth-order valence-corrected chi connectivity index (χ4v) is 4.11. The van der Waals surface area contributed by atoms with Gasteiger partial charge in [0.1, 0.15) is 5.01 Å². The molecule has 2 heterocycles. The summed E-state index contributed by atoms with van der Waals surface area (Å²) >= 11 is 1.79. The summed E-state index contributed by atoms with van der Waals surface area (Å²) in [6, 6.07) is 1.33. The summed E-state index contributed by atoms with van der Waals surface area (Å²) in [5, 5.41) is 7.12. The van der Waals surface area contributed by atoms with E-state index >= 15 is 0 Å². The molecule has 0 aromatic carbocycles. The summed E-state index contributed by atoms with van der Waals surface area (Å²) in [7, 11) is 0. The molecule has 1 N–H and O–H groups in total. The van der Waals surface area contributed by atoms with Gasteiger partial charge in [0.25, 0.3) is 0 Å². The molecule has 0 bridgehead atoms. The first-order valence-corrected chi connectivity index (χ1v) is 8.41. The van der Waals surface area contributed by atoms with Crippen LogP contribution in [0.15, 0.2) is 11.6 Å². The van der Waals surface area contributed by atoms with E-state index in [2.05, 4.69) is 41.4 Å². The quantitative estimate of drug-likeness (QED) is 0.918. The van der Waals surface area contributed by atoms with Gasteiger partial charge in [-0.25, -0.2) is 4.98 Å². The Labute approximate surface area is 120 Å². The van der Waals surface area contributed by atoms with Crippen LogP contribution in [0.25, 0.3) is 0 Å². The number of nitrogens with zero attached hydrogens (tertiary/aromatic N) is 2. The molecule has 0 radical (unpaired) electrons. The summed E-state index contributed by atoms with van der Waals surface area (Å²) in [6.07, 6.45) is 5.97. The second kappa shape index (κ2) is 5.15. The van der Waals surface area contributed by atoms with Crippen LogP contribution in [0.2, 0.25) is 0 Å². The highest BCUT2D eigenvalue weighted by atomic mass is 32.1. The molecule has 1 saturated heterocycles. The van der Waals surface area contributed by atoms with Crippen LogP contribution in [0.1, 0.15) is 45.0 Å². The Hall–Kier alpha value is -0.450. The molecule has 106 valence electrons. The van der Waals surface area contributed by atoms with Crippen molar-refractivity contribution in [3.63, 3.8) is 0 Å².